The van der Waals surface area contributed by atoms with Crippen LogP contribution in [0, 0.1) is 18.3 Å². The van der Waals surface area contributed by atoms with Crippen LogP contribution < -0.4 is 5.32 Å². The van der Waals surface area contributed by atoms with Crippen LogP contribution in [-0.4, -0.2) is 25.8 Å². The van der Waals surface area contributed by atoms with Crippen LogP contribution in [0.4, 0.5) is 11.5 Å². The summed E-state index contributed by atoms with van der Waals surface area (Å²) in [5.41, 5.74) is 4.15. The second-order valence-electron chi connectivity index (χ2n) is 5.93. The minimum Gasteiger partial charge on any atom is -0.338 e. The molecule has 0 unspecified atom stereocenters. The molecule has 2 aromatic carbocycles. The van der Waals surface area contributed by atoms with E-state index in [4.69, 9.17) is 5.26 Å². The Kier molecular flexibility index (Phi) is 4.07. The maximum absolute atomic E-state index is 10.8. The van der Waals surface area contributed by atoms with Gasteiger partial charge < -0.3 is 5.32 Å². The lowest BCUT2D eigenvalue weighted by Gasteiger charge is -2.08. The lowest BCUT2D eigenvalue weighted by Crippen LogP contribution is -2.01. The van der Waals surface area contributed by atoms with Gasteiger partial charge in [0.15, 0.2) is 17.0 Å². The predicted octanol–water partition coefficient (Wildman–Crippen LogP) is 3.55. The van der Waals surface area contributed by atoms with Crippen molar-refractivity contribution in [2.45, 2.75) is 6.92 Å². The lowest BCUT2D eigenvalue weighted by molar-refractivity contribution is 0.112. The first-order valence-electron chi connectivity index (χ1n) is 8.22. The Bertz CT molecular complexity index is 1170. The smallest absolute Gasteiger partial charge is 0.170 e. The van der Waals surface area contributed by atoms with Gasteiger partial charge in [0.1, 0.15) is 18.4 Å². The minimum atomic E-state index is 0.587. The summed E-state index contributed by atoms with van der Waals surface area (Å²) >= 11 is 0. The van der Waals surface area contributed by atoms with Crippen LogP contribution in [0.5, 0.6) is 0 Å². The molecule has 0 spiro atoms. The Hall–Kier alpha value is -4.05. The SMILES string of the molecule is Cc1nc(Nc2ccc(C=O)cc2)c2ncn(-c3ccc(C#N)cc3)c2n1. The molecule has 4 aromatic rings. The van der Waals surface area contributed by atoms with Gasteiger partial charge in [-0.25, -0.2) is 15.0 Å². The summed E-state index contributed by atoms with van der Waals surface area (Å²) < 4.78 is 1.85. The molecule has 0 radical (unpaired) electrons. The van der Waals surface area contributed by atoms with E-state index in [1.54, 1.807) is 30.6 Å². The fourth-order valence-electron chi connectivity index (χ4n) is 2.76. The van der Waals surface area contributed by atoms with Crippen LogP contribution in [0.2, 0.25) is 0 Å². The average Bonchev–Trinajstić information content (AvgIpc) is 3.12. The number of imidazole rings is 1. The quantitative estimate of drug-likeness (QED) is 0.563. The number of hydrogen-bond donors (Lipinski definition) is 1. The monoisotopic (exact) mass is 354 g/mol. The van der Waals surface area contributed by atoms with Gasteiger partial charge in [0, 0.05) is 16.9 Å². The molecule has 0 bridgehead atoms. The molecule has 0 fully saturated rings. The molecule has 27 heavy (non-hydrogen) atoms. The van der Waals surface area contributed by atoms with Crippen molar-refractivity contribution in [3.63, 3.8) is 0 Å². The first-order valence-corrected chi connectivity index (χ1v) is 8.22. The maximum atomic E-state index is 10.8. The summed E-state index contributed by atoms with van der Waals surface area (Å²) in [5, 5.41) is 12.2. The highest BCUT2D eigenvalue weighted by Gasteiger charge is 2.13. The van der Waals surface area contributed by atoms with Crippen molar-refractivity contribution in [1.29, 1.82) is 5.26 Å². The number of fused-ring (bicyclic) bond motifs is 1. The second kappa shape index (κ2) is 6.69. The second-order valence-corrected chi connectivity index (χ2v) is 5.93. The van der Waals surface area contributed by atoms with Crippen molar-refractivity contribution in [3.8, 4) is 11.8 Å². The maximum Gasteiger partial charge on any atom is 0.170 e. The summed E-state index contributed by atoms with van der Waals surface area (Å²) in [4.78, 5) is 24.2. The van der Waals surface area contributed by atoms with Crippen molar-refractivity contribution >= 4 is 29.0 Å². The summed E-state index contributed by atoms with van der Waals surface area (Å²) in [7, 11) is 0. The standard InChI is InChI=1S/C20H14N6O/c1-13-23-19(25-16-6-2-15(11-27)3-7-16)18-20(24-13)26(12-22-18)17-8-4-14(10-21)5-9-17/h2-9,11-12H,1H3,(H,23,24,25). The molecule has 0 saturated heterocycles. The highest BCUT2D eigenvalue weighted by molar-refractivity contribution is 5.86. The molecule has 2 aromatic heterocycles. The van der Waals surface area contributed by atoms with Crippen molar-refractivity contribution in [1.82, 2.24) is 19.5 Å². The van der Waals surface area contributed by atoms with Gasteiger partial charge in [-0.2, -0.15) is 5.26 Å². The normalized spacial score (nSPS) is 10.5. The molecule has 1 N–H and O–H groups in total. The van der Waals surface area contributed by atoms with Crippen LogP contribution >= 0.6 is 0 Å². The molecule has 4 rings (SSSR count). The molecule has 0 saturated carbocycles. The minimum absolute atomic E-state index is 0.587. The molecule has 0 amide bonds. The topological polar surface area (TPSA) is 96.5 Å². The molecule has 7 nitrogen and oxygen atoms in total. The number of nitriles is 1. The zero-order chi connectivity index (χ0) is 18.8. The van der Waals surface area contributed by atoms with E-state index in [0.29, 0.717) is 33.9 Å². The van der Waals surface area contributed by atoms with E-state index in [-0.39, 0.29) is 0 Å². The van der Waals surface area contributed by atoms with Gasteiger partial charge in [0.2, 0.25) is 0 Å². The van der Waals surface area contributed by atoms with E-state index < -0.39 is 0 Å². The third-order valence-corrected chi connectivity index (χ3v) is 4.09. The number of anilines is 2. The molecule has 7 heteroatoms. The van der Waals surface area contributed by atoms with Crippen molar-refractivity contribution < 1.29 is 4.79 Å². The molecule has 0 atom stereocenters. The van der Waals surface area contributed by atoms with Gasteiger partial charge in [-0.3, -0.25) is 9.36 Å². The number of carbonyl (C=O) groups is 1. The predicted molar refractivity (Wildman–Crippen MR) is 101 cm³/mol. The van der Waals surface area contributed by atoms with Crippen LogP contribution in [0.15, 0.2) is 54.9 Å². The zero-order valence-electron chi connectivity index (χ0n) is 14.4. The number of aldehydes is 1. The zero-order valence-corrected chi connectivity index (χ0v) is 14.4. The van der Waals surface area contributed by atoms with E-state index in [9.17, 15) is 4.79 Å². The number of aryl methyl sites for hydroxylation is 1. The highest BCUT2D eigenvalue weighted by atomic mass is 16.1. The molecular weight excluding hydrogens is 340 g/mol. The van der Waals surface area contributed by atoms with E-state index >= 15 is 0 Å². The number of benzene rings is 2. The van der Waals surface area contributed by atoms with Crippen LogP contribution in [0.1, 0.15) is 21.7 Å². The Morgan fingerprint density at radius 1 is 1.07 bits per heavy atom. The Balaban J connectivity index is 1.77. The van der Waals surface area contributed by atoms with Gasteiger partial charge in [-0.1, -0.05) is 0 Å². The Morgan fingerprint density at radius 2 is 1.81 bits per heavy atom. The number of nitrogens with one attached hydrogen (secondary N) is 1. The van der Waals surface area contributed by atoms with Crippen LogP contribution in [-0.2, 0) is 0 Å². The van der Waals surface area contributed by atoms with E-state index in [1.165, 1.54) is 0 Å². The number of hydrogen-bond acceptors (Lipinski definition) is 6. The van der Waals surface area contributed by atoms with Crippen molar-refractivity contribution in [3.05, 3.63) is 71.8 Å². The van der Waals surface area contributed by atoms with E-state index in [0.717, 1.165) is 17.7 Å². The highest BCUT2D eigenvalue weighted by Crippen LogP contribution is 2.25. The van der Waals surface area contributed by atoms with Gasteiger partial charge in [0.05, 0.1) is 11.6 Å². The third-order valence-electron chi connectivity index (χ3n) is 4.09. The van der Waals surface area contributed by atoms with Gasteiger partial charge in [-0.15, -0.1) is 0 Å². The van der Waals surface area contributed by atoms with Crippen molar-refractivity contribution in [2.24, 2.45) is 0 Å². The Labute approximate surface area is 155 Å². The molecular formula is C20H14N6O. The molecule has 130 valence electrons. The summed E-state index contributed by atoms with van der Waals surface area (Å²) in [5.74, 6) is 1.19. The Morgan fingerprint density at radius 3 is 2.48 bits per heavy atom. The fraction of sp³-hybridized carbons (Fsp3) is 0.0500. The third kappa shape index (κ3) is 3.12. The molecule has 0 aliphatic rings. The summed E-state index contributed by atoms with van der Waals surface area (Å²) in [6.45, 7) is 1.82. The first-order chi connectivity index (χ1) is 13.2. The summed E-state index contributed by atoms with van der Waals surface area (Å²) in [6.07, 6.45) is 2.48. The van der Waals surface area contributed by atoms with Crippen molar-refractivity contribution in [2.75, 3.05) is 5.32 Å². The van der Waals surface area contributed by atoms with E-state index in [1.807, 2.05) is 35.8 Å². The summed E-state index contributed by atoms with van der Waals surface area (Å²) in [6, 6.07) is 16.4. The number of nitrogens with zero attached hydrogens (tertiary/aromatic N) is 5. The van der Waals surface area contributed by atoms with Crippen LogP contribution in [0.25, 0.3) is 16.9 Å². The molecule has 2 heterocycles. The molecule has 0 aliphatic carbocycles. The van der Waals surface area contributed by atoms with E-state index in [2.05, 4.69) is 26.3 Å². The number of aromatic nitrogens is 4. The number of carbonyl (C=O) groups excluding carboxylic acids is 1. The van der Waals surface area contributed by atoms with Gasteiger partial charge in [0.25, 0.3) is 0 Å². The largest absolute Gasteiger partial charge is 0.338 e. The average molecular weight is 354 g/mol. The van der Waals surface area contributed by atoms with Gasteiger partial charge in [-0.05, 0) is 55.5 Å². The first kappa shape index (κ1) is 16.4. The van der Waals surface area contributed by atoms with Gasteiger partial charge >= 0.3 is 0 Å². The fourth-order valence-corrected chi connectivity index (χ4v) is 2.76. The molecule has 0 aliphatic heterocycles. The number of rotatable bonds is 4. The lowest BCUT2D eigenvalue weighted by atomic mass is 10.2. The van der Waals surface area contributed by atoms with Crippen LogP contribution in [0.3, 0.4) is 0 Å².